The van der Waals surface area contributed by atoms with Gasteiger partial charge in [-0.3, -0.25) is 0 Å². The molecule has 11 heteroatoms. The molecule has 2 fully saturated rings. The molecule has 0 radical (unpaired) electrons. The van der Waals surface area contributed by atoms with E-state index in [1.807, 2.05) is 0 Å². The summed E-state index contributed by atoms with van der Waals surface area (Å²) < 4.78 is 15.3. The second-order valence-corrected chi connectivity index (χ2v) is 5.58. The Balaban J connectivity index is 2.13. The van der Waals surface area contributed by atoms with Gasteiger partial charge in [-0.15, -0.1) is 0 Å². The van der Waals surface area contributed by atoms with Gasteiger partial charge in [0.05, 0.1) is 19.8 Å². The second-order valence-electron chi connectivity index (χ2n) is 5.58. The number of ether oxygens (including phenoxy) is 3. The molecule has 0 bridgehead atoms. The first-order valence-corrected chi connectivity index (χ1v) is 7.05. The number of hydrogen-bond donors (Lipinski definition) is 8. The molecule has 0 aromatic heterocycles. The van der Waals surface area contributed by atoms with Crippen molar-refractivity contribution < 1.29 is 55.1 Å². The van der Waals surface area contributed by atoms with E-state index in [0.29, 0.717) is 0 Å². The van der Waals surface area contributed by atoms with Crippen LogP contribution in [0.25, 0.3) is 0 Å². The van der Waals surface area contributed by atoms with Crippen LogP contribution in [-0.4, -0.2) is 115 Å². The molecule has 9 atom stereocenters. The molecule has 2 aliphatic heterocycles. The van der Waals surface area contributed by atoms with Gasteiger partial charge < -0.3 is 55.1 Å². The molecule has 136 valence electrons. The van der Waals surface area contributed by atoms with E-state index in [-0.39, 0.29) is 0 Å². The van der Waals surface area contributed by atoms with Crippen molar-refractivity contribution in [3.8, 4) is 0 Å². The van der Waals surface area contributed by atoms with Crippen molar-refractivity contribution in [3.63, 3.8) is 0 Å². The van der Waals surface area contributed by atoms with Gasteiger partial charge in [0.1, 0.15) is 42.7 Å². The quantitative estimate of drug-likeness (QED) is 0.238. The van der Waals surface area contributed by atoms with Gasteiger partial charge in [-0.2, -0.15) is 0 Å². The lowest BCUT2D eigenvalue weighted by atomic mass is 9.99. The zero-order chi connectivity index (χ0) is 17.4. The maximum atomic E-state index is 10.00. The van der Waals surface area contributed by atoms with Crippen molar-refractivity contribution in [2.45, 2.75) is 54.8 Å². The summed E-state index contributed by atoms with van der Waals surface area (Å²) in [4.78, 5) is 0. The third-order valence-electron chi connectivity index (χ3n) is 4.04. The molecule has 0 amide bonds. The van der Waals surface area contributed by atoms with Gasteiger partial charge in [0.25, 0.3) is 0 Å². The van der Waals surface area contributed by atoms with Crippen molar-refractivity contribution in [3.05, 3.63) is 0 Å². The minimum absolute atomic E-state index is 0.668. The summed E-state index contributed by atoms with van der Waals surface area (Å²) in [5.74, 6) is -2.37. The molecule has 0 spiro atoms. The van der Waals surface area contributed by atoms with Gasteiger partial charge in [0.2, 0.25) is 5.79 Å². The van der Waals surface area contributed by atoms with Crippen molar-refractivity contribution in [1.29, 1.82) is 0 Å². The predicted molar refractivity (Wildman–Crippen MR) is 68.6 cm³/mol. The fourth-order valence-electron chi connectivity index (χ4n) is 2.63. The van der Waals surface area contributed by atoms with Gasteiger partial charge in [0, 0.05) is 0 Å². The Bertz CT molecular complexity index is 393. The highest BCUT2D eigenvalue weighted by Crippen LogP contribution is 2.33. The first-order valence-electron chi connectivity index (χ1n) is 7.05. The standard InChI is InChI=1S/C12H22O11/c13-1-4-6(16)7(17)8(18)11(21-4)22-9-5(2-14)23-12(20,3-15)10(9)19/h4-11,13-20H,1-3H2/t4?,5-,6+,7+,8?,9+,10?,11+,12+/m1/s1. The lowest BCUT2D eigenvalue weighted by molar-refractivity contribution is -0.318. The molecule has 2 saturated heterocycles. The van der Waals surface area contributed by atoms with E-state index in [1.54, 1.807) is 0 Å². The zero-order valence-electron chi connectivity index (χ0n) is 12.0. The van der Waals surface area contributed by atoms with Crippen LogP contribution < -0.4 is 0 Å². The minimum atomic E-state index is -2.37. The Morgan fingerprint density at radius 3 is 2.00 bits per heavy atom. The van der Waals surface area contributed by atoms with Crippen LogP contribution in [-0.2, 0) is 14.2 Å². The van der Waals surface area contributed by atoms with Gasteiger partial charge in [-0.25, -0.2) is 0 Å². The zero-order valence-corrected chi connectivity index (χ0v) is 12.0. The van der Waals surface area contributed by atoms with Crippen molar-refractivity contribution in [2.75, 3.05) is 19.8 Å². The summed E-state index contributed by atoms with van der Waals surface area (Å²) in [6.45, 7) is -2.32. The van der Waals surface area contributed by atoms with Gasteiger partial charge in [-0.1, -0.05) is 0 Å². The topological polar surface area (TPSA) is 190 Å². The van der Waals surface area contributed by atoms with Gasteiger partial charge in [-0.05, 0) is 0 Å². The molecule has 0 aliphatic carbocycles. The Labute approximate surface area is 130 Å². The summed E-state index contributed by atoms with van der Waals surface area (Å²) in [5, 5.41) is 76.5. The van der Waals surface area contributed by atoms with Crippen molar-refractivity contribution in [1.82, 2.24) is 0 Å². The summed E-state index contributed by atoms with van der Waals surface area (Å²) in [7, 11) is 0. The Hall–Kier alpha value is -0.440. The van der Waals surface area contributed by atoms with Crippen LogP contribution in [0.5, 0.6) is 0 Å². The van der Waals surface area contributed by atoms with E-state index in [1.165, 1.54) is 0 Å². The predicted octanol–water partition coefficient (Wildman–Crippen LogP) is -5.40. The monoisotopic (exact) mass is 342 g/mol. The first-order chi connectivity index (χ1) is 10.8. The lowest BCUT2D eigenvalue weighted by Gasteiger charge is -2.41. The molecule has 0 aromatic rings. The first kappa shape index (κ1) is 18.9. The average molecular weight is 342 g/mol. The van der Waals surface area contributed by atoms with E-state index >= 15 is 0 Å². The maximum Gasteiger partial charge on any atom is 0.219 e. The van der Waals surface area contributed by atoms with Gasteiger partial charge >= 0.3 is 0 Å². The summed E-state index contributed by atoms with van der Waals surface area (Å²) in [6.07, 6.45) is -12.2. The molecule has 8 N–H and O–H groups in total. The molecule has 0 aromatic carbocycles. The molecular weight excluding hydrogens is 320 g/mol. The molecule has 23 heavy (non-hydrogen) atoms. The van der Waals surface area contributed by atoms with Crippen LogP contribution in [0.4, 0.5) is 0 Å². The Morgan fingerprint density at radius 1 is 0.870 bits per heavy atom. The van der Waals surface area contributed by atoms with Crippen LogP contribution in [0, 0.1) is 0 Å². The maximum absolute atomic E-state index is 10.00. The van der Waals surface area contributed by atoms with Crippen LogP contribution in [0.2, 0.25) is 0 Å². The molecule has 11 nitrogen and oxygen atoms in total. The van der Waals surface area contributed by atoms with Crippen LogP contribution in [0.1, 0.15) is 0 Å². The van der Waals surface area contributed by atoms with E-state index in [0.717, 1.165) is 0 Å². The van der Waals surface area contributed by atoms with Crippen LogP contribution >= 0.6 is 0 Å². The van der Waals surface area contributed by atoms with Crippen LogP contribution in [0.15, 0.2) is 0 Å². The van der Waals surface area contributed by atoms with E-state index in [9.17, 15) is 30.6 Å². The van der Waals surface area contributed by atoms with E-state index in [2.05, 4.69) is 0 Å². The highest BCUT2D eigenvalue weighted by molar-refractivity contribution is 4.98. The largest absolute Gasteiger partial charge is 0.394 e. The van der Waals surface area contributed by atoms with Crippen molar-refractivity contribution >= 4 is 0 Å². The molecule has 2 heterocycles. The number of aliphatic hydroxyl groups is 8. The summed E-state index contributed by atoms with van der Waals surface area (Å²) in [6, 6.07) is 0. The highest BCUT2D eigenvalue weighted by atomic mass is 16.7. The normalized spacial score (nSPS) is 51.1. The summed E-state index contributed by atoms with van der Waals surface area (Å²) >= 11 is 0. The third-order valence-corrected chi connectivity index (χ3v) is 4.04. The van der Waals surface area contributed by atoms with Crippen molar-refractivity contribution in [2.24, 2.45) is 0 Å². The molecule has 2 rings (SSSR count). The number of aliphatic hydroxyl groups excluding tert-OH is 7. The third kappa shape index (κ3) is 3.36. The van der Waals surface area contributed by atoms with E-state index < -0.39 is 74.6 Å². The number of hydrogen-bond acceptors (Lipinski definition) is 11. The van der Waals surface area contributed by atoms with Crippen LogP contribution in [0.3, 0.4) is 0 Å². The molecular formula is C12H22O11. The molecule has 0 saturated carbocycles. The SMILES string of the molecule is OCC1O[C@@H](O[C@@H]2C(O)[C@](O)(CO)O[C@@H]2CO)C(O)[C@@H](O)[C@H]1O. The summed E-state index contributed by atoms with van der Waals surface area (Å²) in [5.41, 5.74) is 0. The van der Waals surface area contributed by atoms with Gasteiger partial charge in [0.15, 0.2) is 6.29 Å². The number of rotatable bonds is 5. The highest BCUT2D eigenvalue weighted by Gasteiger charge is 2.56. The lowest BCUT2D eigenvalue weighted by Crippen LogP contribution is -2.60. The average Bonchev–Trinajstić information content (AvgIpc) is 2.80. The van der Waals surface area contributed by atoms with E-state index in [4.69, 9.17) is 24.4 Å². The fourth-order valence-corrected chi connectivity index (χ4v) is 2.63. The molecule has 2 aliphatic rings. The minimum Gasteiger partial charge on any atom is -0.394 e. The smallest absolute Gasteiger partial charge is 0.219 e. The molecule has 3 unspecified atom stereocenters. The Morgan fingerprint density at radius 2 is 1.48 bits per heavy atom. The second kappa shape index (κ2) is 7.21. The fraction of sp³-hybridized carbons (Fsp3) is 1.00. The Kier molecular flexibility index (Phi) is 5.92.